The second kappa shape index (κ2) is 7.33. The molecule has 7 heteroatoms. The highest BCUT2D eigenvalue weighted by Gasteiger charge is 2.57. The molecule has 3 aromatic rings. The van der Waals surface area contributed by atoms with Crippen molar-refractivity contribution in [3.05, 3.63) is 89.2 Å². The number of rotatable bonds is 5. The third-order valence-corrected chi connectivity index (χ3v) is 4.60. The van der Waals surface area contributed by atoms with Crippen LogP contribution in [0.1, 0.15) is 16.8 Å². The van der Waals surface area contributed by atoms with E-state index in [0.717, 1.165) is 23.3 Å². The molecule has 2 N–H and O–H groups in total. The number of aliphatic hydroxyl groups excluding tert-OH is 1. The van der Waals surface area contributed by atoms with Crippen LogP contribution in [0.15, 0.2) is 60.8 Å². The maximum atomic E-state index is 15.0. The van der Waals surface area contributed by atoms with Crippen molar-refractivity contribution in [2.24, 2.45) is 0 Å². The first-order valence-corrected chi connectivity index (χ1v) is 8.39. The van der Waals surface area contributed by atoms with Crippen LogP contribution >= 0.6 is 0 Å². The van der Waals surface area contributed by atoms with E-state index >= 15 is 8.78 Å². The molecule has 1 atom stereocenters. The number of aromatic nitrogens is 1. The van der Waals surface area contributed by atoms with Crippen molar-refractivity contribution in [1.82, 2.24) is 4.98 Å². The first kappa shape index (κ1) is 20.0. The highest BCUT2D eigenvalue weighted by atomic mass is 19.3. The number of pyridine rings is 1. The van der Waals surface area contributed by atoms with Crippen LogP contribution < -0.4 is 0 Å². The van der Waals surface area contributed by atoms with Crippen molar-refractivity contribution < 1.29 is 27.8 Å². The van der Waals surface area contributed by atoms with Crippen molar-refractivity contribution in [3.63, 3.8) is 0 Å². The molecular weight excluding hydrogens is 374 g/mol. The Morgan fingerprint density at radius 1 is 0.929 bits per heavy atom. The zero-order chi connectivity index (χ0) is 20.5. The Kier molecular flexibility index (Phi) is 5.23. The molecule has 0 aliphatic rings. The Balaban J connectivity index is 2.01. The number of hydrogen-bond donors (Lipinski definition) is 2. The molecule has 0 saturated carbocycles. The summed E-state index contributed by atoms with van der Waals surface area (Å²) >= 11 is 0. The minimum atomic E-state index is -4.15. The van der Waals surface area contributed by atoms with Gasteiger partial charge in [0.15, 0.2) is 5.60 Å². The van der Waals surface area contributed by atoms with Crippen LogP contribution in [0.4, 0.5) is 17.6 Å². The number of alkyl halides is 2. The fourth-order valence-electron chi connectivity index (χ4n) is 2.89. The van der Waals surface area contributed by atoms with E-state index in [2.05, 4.69) is 4.98 Å². The molecule has 3 nitrogen and oxygen atoms in total. The molecule has 28 heavy (non-hydrogen) atoms. The molecule has 0 fully saturated rings. The number of aliphatic hydroxyl groups is 2. The maximum Gasteiger partial charge on any atom is 0.324 e. The number of nitrogens with zero attached hydrogens (tertiary/aromatic N) is 1. The Morgan fingerprint density at radius 3 is 2.11 bits per heavy atom. The smallest absolute Gasteiger partial charge is 0.324 e. The van der Waals surface area contributed by atoms with Gasteiger partial charge in [0.1, 0.15) is 17.3 Å². The van der Waals surface area contributed by atoms with Crippen LogP contribution in [-0.4, -0.2) is 21.8 Å². The van der Waals surface area contributed by atoms with Gasteiger partial charge in [0.05, 0.1) is 6.61 Å². The predicted octanol–water partition coefficient (Wildman–Crippen LogP) is 4.31. The number of benzene rings is 2. The fraction of sp³-hybridized carbons (Fsp3) is 0.190. The van der Waals surface area contributed by atoms with Gasteiger partial charge in [-0.3, -0.25) is 4.98 Å². The van der Waals surface area contributed by atoms with Crippen molar-refractivity contribution in [2.75, 3.05) is 6.61 Å². The van der Waals surface area contributed by atoms with Gasteiger partial charge in [0.25, 0.3) is 0 Å². The molecule has 0 spiro atoms. The highest BCUT2D eigenvalue weighted by molar-refractivity contribution is 5.62. The summed E-state index contributed by atoms with van der Waals surface area (Å²) in [6.45, 7) is 0.417. The quantitative estimate of drug-likeness (QED) is 0.638. The number of aryl methyl sites for hydroxylation is 1. The second-order valence-electron chi connectivity index (χ2n) is 6.52. The zero-order valence-corrected chi connectivity index (χ0v) is 14.8. The average Bonchev–Trinajstić information content (AvgIpc) is 2.68. The largest absolute Gasteiger partial charge is 0.393 e. The van der Waals surface area contributed by atoms with Gasteiger partial charge in [0.2, 0.25) is 0 Å². The summed E-state index contributed by atoms with van der Waals surface area (Å²) in [4.78, 5) is 3.72. The molecule has 0 bridgehead atoms. The van der Waals surface area contributed by atoms with Crippen LogP contribution in [-0.2, 0) is 11.5 Å². The van der Waals surface area contributed by atoms with E-state index in [9.17, 15) is 19.0 Å². The summed E-state index contributed by atoms with van der Waals surface area (Å²) < 4.78 is 57.2. The Morgan fingerprint density at radius 2 is 1.57 bits per heavy atom. The van der Waals surface area contributed by atoms with Crippen molar-refractivity contribution >= 4 is 0 Å². The van der Waals surface area contributed by atoms with Crippen molar-refractivity contribution in [1.29, 1.82) is 0 Å². The normalized spacial score (nSPS) is 14.0. The van der Waals surface area contributed by atoms with E-state index in [-0.39, 0.29) is 0 Å². The van der Waals surface area contributed by atoms with Gasteiger partial charge in [-0.05, 0) is 30.7 Å². The molecule has 3 rings (SSSR count). The standard InChI is InChI=1S/C21H17F4NO2/c1-13-2-4-14(5-3-13)15-6-9-19(26-11-15)21(24,25)20(28,12-27)17-8-7-16(22)10-18(17)23/h2-11,27-28H,12H2,1H3/t20-/m1/s1. The van der Waals surface area contributed by atoms with Gasteiger partial charge >= 0.3 is 5.92 Å². The first-order valence-electron chi connectivity index (χ1n) is 8.39. The lowest BCUT2D eigenvalue weighted by Gasteiger charge is -2.34. The maximum absolute atomic E-state index is 15.0. The van der Waals surface area contributed by atoms with Gasteiger partial charge < -0.3 is 10.2 Å². The molecule has 1 aromatic heterocycles. The molecule has 146 valence electrons. The molecule has 0 radical (unpaired) electrons. The summed E-state index contributed by atoms with van der Waals surface area (Å²) in [5, 5.41) is 19.9. The van der Waals surface area contributed by atoms with Gasteiger partial charge in [0, 0.05) is 23.4 Å². The molecule has 0 aliphatic carbocycles. The van der Waals surface area contributed by atoms with Crippen molar-refractivity contribution in [2.45, 2.75) is 18.4 Å². The zero-order valence-electron chi connectivity index (χ0n) is 14.8. The average molecular weight is 391 g/mol. The monoisotopic (exact) mass is 391 g/mol. The summed E-state index contributed by atoms with van der Waals surface area (Å²) in [6.07, 6.45) is 1.20. The van der Waals surface area contributed by atoms with Crippen molar-refractivity contribution in [3.8, 4) is 11.1 Å². The number of halogens is 4. The lowest BCUT2D eigenvalue weighted by atomic mass is 9.85. The predicted molar refractivity (Wildman–Crippen MR) is 95.6 cm³/mol. The molecular formula is C21H17F4NO2. The minimum absolute atomic E-state index is 0.361. The van der Waals surface area contributed by atoms with Crippen LogP contribution in [0.3, 0.4) is 0 Å². The summed E-state index contributed by atoms with van der Waals surface area (Å²) in [5.41, 5.74) is -2.73. The second-order valence-corrected chi connectivity index (χ2v) is 6.52. The first-order chi connectivity index (χ1) is 13.2. The van der Waals surface area contributed by atoms with E-state index < -0.39 is 41.0 Å². The van der Waals surface area contributed by atoms with E-state index in [1.807, 2.05) is 31.2 Å². The molecule has 2 aromatic carbocycles. The van der Waals surface area contributed by atoms with E-state index in [1.54, 1.807) is 0 Å². The summed E-state index contributed by atoms with van der Waals surface area (Å²) in [5.74, 6) is -6.54. The molecule has 1 heterocycles. The Bertz CT molecular complexity index is 975. The lowest BCUT2D eigenvalue weighted by molar-refractivity contribution is -0.216. The lowest BCUT2D eigenvalue weighted by Crippen LogP contribution is -2.47. The summed E-state index contributed by atoms with van der Waals surface area (Å²) in [6, 6.07) is 11.5. The van der Waals surface area contributed by atoms with Gasteiger partial charge in [-0.15, -0.1) is 0 Å². The van der Waals surface area contributed by atoms with Crippen LogP contribution in [0, 0.1) is 18.6 Å². The van der Waals surface area contributed by atoms with Gasteiger partial charge in [-0.2, -0.15) is 8.78 Å². The van der Waals surface area contributed by atoms with E-state index in [0.29, 0.717) is 17.7 Å². The molecule has 0 aliphatic heterocycles. The van der Waals surface area contributed by atoms with E-state index in [4.69, 9.17) is 0 Å². The summed E-state index contributed by atoms with van der Waals surface area (Å²) in [7, 11) is 0. The minimum Gasteiger partial charge on any atom is -0.393 e. The Labute approximate surface area is 158 Å². The van der Waals surface area contributed by atoms with E-state index in [1.165, 1.54) is 12.3 Å². The molecule has 0 unspecified atom stereocenters. The van der Waals surface area contributed by atoms with Gasteiger partial charge in [-0.1, -0.05) is 35.9 Å². The topological polar surface area (TPSA) is 53.4 Å². The fourth-order valence-corrected chi connectivity index (χ4v) is 2.89. The molecule has 0 saturated heterocycles. The highest BCUT2D eigenvalue weighted by Crippen LogP contribution is 2.45. The Hall–Kier alpha value is -2.77. The van der Waals surface area contributed by atoms with Crippen LogP contribution in [0.25, 0.3) is 11.1 Å². The molecule has 0 amide bonds. The van der Waals surface area contributed by atoms with Crippen LogP contribution in [0.5, 0.6) is 0 Å². The van der Waals surface area contributed by atoms with Crippen LogP contribution in [0.2, 0.25) is 0 Å². The van der Waals surface area contributed by atoms with Gasteiger partial charge in [-0.25, -0.2) is 8.78 Å². The SMILES string of the molecule is Cc1ccc(-c2ccc(C(F)(F)[C@@](O)(CO)c3ccc(F)cc3F)nc2)cc1. The third-order valence-electron chi connectivity index (χ3n) is 4.60. The third kappa shape index (κ3) is 3.39. The number of hydrogen-bond acceptors (Lipinski definition) is 3.